The van der Waals surface area contributed by atoms with E-state index in [-0.39, 0.29) is 0 Å². The summed E-state index contributed by atoms with van der Waals surface area (Å²) in [6, 6.07) is 13.4. The first-order chi connectivity index (χ1) is 8.11. The van der Waals surface area contributed by atoms with E-state index in [1.807, 2.05) is 0 Å². The lowest BCUT2D eigenvalue weighted by atomic mass is 10.0. The number of halogens is 3. The zero-order chi connectivity index (χ0) is 12.4. The Morgan fingerprint density at radius 3 is 1.94 bits per heavy atom. The Balaban J connectivity index is 2.49. The highest BCUT2D eigenvalue weighted by Crippen LogP contribution is 2.27. The first-order valence-electron chi connectivity index (χ1n) is 5.35. The van der Waals surface area contributed by atoms with Crippen LogP contribution in [0, 0.1) is 10.7 Å². The van der Waals surface area contributed by atoms with Crippen LogP contribution < -0.4 is 0 Å². The Morgan fingerprint density at radius 2 is 1.35 bits per heavy atom. The van der Waals surface area contributed by atoms with Gasteiger partial charge in [-0.25, -0.2) is 0 Å². The molecule has 3 heteroatoms. The van der Waals surface area contributed by atoms with Gasteiger partial charge < -0.3 is 0 Å². The van der Waals surface area contributed by atoms with Crippen LogP contribution in [-0.4, -0.2) is 0 Å². The van der Waals surface area contributed by atoms with Gasteiger partial charge in [-0.05, 0) is 109 Å². The van der Waals surface area contributed by atoms with Crippen LogP contribution in [0.3, 0.4) is 0 Å². The molecule has 0 spiro atoms. The first-order valence-corrected chi connectivity index (χ1v) is 8.59. The van der Waals surface area contributed by atoms with Gasteiger partial charge in [0.25, 0.3) is 0 Å². The molecular formula is C14H11I3. The van der Waals surface area contributed by atoms with Crippen molar-refractivity contribution in [2.24, 2.45) is 0 Å². The van der Waals surface area contributed by atoms with Crippen LogP contribution in [0.2, 0.25) is 0 Å². The molecule has 0 fully saturated rings. The second-order valence-electron chi connectivity index (χ2n) is 3.79. The topological polar surface area (TPSA) is 0 Å². The van der Waals surface area contributed by atoms with Crippen molar-refractivity contribution >= 4 is 67.8 Å². The molecule has 2 aromatic rings. The van der Waals surface area contributed by atoms with Gasteiger partial charge in [-0.3, -0.25) is 0 Å². The van der Waals surface area contributed by atoms with E-state index in [0.29, 0.717) is 0 Å². The van der Waals surface area contributed by atoms with Crippen molar-refractivity contribution in [3.05, 3.63) is 52.7 Å². The molecule has 0 nitrogen and oxygen atoms in total. The average Bonchev–Trinajstić information content (AvgIpc) is 2.33. The fourth-order valence-corrected chi connectivity index (χ4v) is 3.27. The van der Waals surface area contributed by atoms with E-state index in [9.17, 15) is 0 Å². The van der Waals surface area contributed by atoms with E-state index in [1.54, 1.807) is 0 Å². The fraction of sp³-hybridized carbons (Fsp3) is 0.143. The predicted octanol–water partition coefficient (Wildman–Crippen LogP) is 5.73. The number of benzene rings is 2. The molecule has 2 aromatic carbocycles. The van der Waals surface area contributed by atoms with Crippen molar-refractivity contribution in [2.45, 2.75) is 13.3 Å². The van der Waals surface area contributed by atoms with Crippen molar-refractivity contribution in [1.29, 1.82) is 0 Å². The zero-order valence-corrected chi connectivity index (χ0v) is 15.8. The van der Waals surface area contributed by atoms with Gasteiger partial charge >= 0.3 is 0 Å². The van der Waals surface area contributed by atoms with Crippen molar-refractivity contribution in [1.82, 2.24) is 0 Å². The van der Waals surface area contributed by atoms with Crippen molar-refractivity contribution in [2.75, 3.05) is 0 Å². The van der Waals surface area contributed by atoms with Crippen LogP contribution in [-0.2, 0) is 6.42 Å². The molecule has 0 radical (unpaired) electrons. The molecule has 2 rings (SSSR count). The maximum atomic E-state index is 2.41. The minimum Gasteiger partial charge on any atom is -0.0613 e. The Morgan fingerprint density at radius 1 is 0.765 bits per heavy atom. The molecule has 0 aliphatic carbocycles. The van der Waals surface area contributed by atoms with Crippen LogP contribution in [0.5, 0.6) is 0 Å². The highest BCUT2D eigenvalue weighted by atomic mass is 127. The Kier molecular flexibility index (Phi) is 5.11. The quantitative estimate of drug-likeness (QED) is 0.412. The fourth-order valence-electron chi connectivity index (χ4n) is 1.70. The summed E-state index contributed by atoms with van der Waals surface area (Å²) in [5.74, 6) is 0. The SMILES string of the molecule is CCc1cc(-c2ccc(I)c(I)c2)ccc1I. The molecule has 0 aromatic heterocycles. The standard InChI is InChI=1S/C14H11I3/c1-2-9-7-10(3-5-12(9)15)11-4-6-13(16)14(17)8-11/h3-8H,2H2,1H3. The first kappa shape index (κ1) is 14.0. The second-order valence-corrected chi connectivity index (χ2v) is 7.28. The smallest absolute Gasteiger partial charge is 0.0270 e. The minimum atomic E-state index is 1.09. The van der Waals surface area contributed by atoms with Gasteiger partial charge in [-0.15, -0.1) is 0 Å². The maximum absolute atomic E-state index is 2.41. The molecule has 0 unspecified atom stereocenters. The zero-order valence-electron chi connectivity index (χ0n) is 9.31. The van der Waals surface area contributed by atoms with Gasteiger partial charge in [-0.2, -0.15) is 0 Å². The monoisotopic (exact) mass is 560 g/mol. The molecule has 0 N–H and O–H groups in total. The lowest BCUT2D eigenvalue weighted by Gasteiger charge is -2.07. The van der Waals surface area contributed by atoms with E-state index in [1.165, 1.54) is 27.4 Å². The second kappa shape index (κ2) is 6.18. The molecule has 0 bridgehead atoms. The average molecular weight is 560 g/mol. The van der Waals surface area contributed by atoms with Crippen LogP contribution in [0.15, 0.2) is 36.4 Å². The normalized spacial score (nSPS) is 10.6. The summed E-state index contributed by atoms with van der Waals surface area (Å²) in [5.41, 5.74) is 4.05. The summed E-state index contributed by atoms with van der Waals surface area (Å²) in [6.45, 7) is 2.21. The number of aryl methyl sites for hydroxylation is 1. The summed E-state index contributed by atoms with van der Waals surface area (Å²) in [4.78, 5) is 0. The maximum Gasteiger partial charge on any atom is 0.0270 e. The van der Waals surface area contributed by atoms with Gasteiger partial charge in [0, 0.05) is 10.7 Å². The third-order valence-corrected chi connectivity index (χ3v) is 6.60. The van der Waals surface area contributed by atoms with Crippen LogP contribution >= 0.6 is 67.8 Å². The minimum absolute atomic E-state index is 1.09. The van der Waals surface area contributed by atoms with Crippen molar-refractivity contribution in [3.8, 4) is 11.1 Å². The van der Waals surface area contributed by atoms with E-state index in [0.717, 1.165) is 6.42 Å². The van der Waals surface area contributed by atoms with Crippen LogP contribution in [0.25, 0.3) is 11.1 Å². The Hall–Kier alpha value is 0.630. The molecule has 0 amide bonds. The molecule has 88 valence electrons. The largest absolute Gasteiger partial charge is 0.0613 e. The van der Waals surface area contributed by atoms with Crippen LogP contribution in [0.1, 0.15) is 12.5 Å². The lowest BCUT2D eigenvalue weighted by Crippen LogP contribution is -1.89. The van der Waals surface area contributed by atoms with Crippen LogP contribution in [0.4, 0.5) is 0 Å². The molecule has 0 saturated carbocycles. The number of hydrogen-bond donors (Lipinski definition) is 0. The summed E-state index contributed by atoms with van der Waals surface area (Å²) in [5, 5.41) is 0. The summed E-state index contributed by atoms with van der Waals surface area (Å²) in [6.07, 6.45) is 1.09. The molecule has 0 heterocycles. The van der Waals surface area contributed by atoms with Gasteiger partial charge in [0.1, 0.15) is 0 Å². The molecule has 0 aliphatic heterocycles. The van der Waals surface area contributed by atoms with Crippen molar-refractivity contribution in [3.63, 3.8) is 0 Å². The van der Waals surface area contributed by atoms with Gasteiger partial charge in [-0.1, -0.05) is 25.1 Å². The van der Waals surface area contributed by atoms with Gasteiger partial charge in [0.05, 0.1) is 0 Å². The Labute approximate surface area is 143 Å². The number of hydrogen-bond acceptors (Lipinski definition) is 0. The van der Waals surface area contributed by atoms with E-state index < -0.39 is 0 Å². The lowest BCUT2D eigenvalue weighted by molar-refractivity contribution is 1.13. The predicted molar refractivity (Wildman–Crippen MR) is 99.4 cm³/mol. The molecule has 17 heavy (non-hydrogen) atoms. The third kappa shape index (κ3) is 3.34. The summed E-state index contributed by atoms with van der Waals surface area (Å²) < 4.78 is 3.99. The summed E-state index contributed by atoms with van der Waals surface area (Å²) >= 11 is 7.17. The molecule has 0 atom stereocenters. The van der Waals surface area contributed by atoms with E-state index in [2.05, 4.69) is 111 Å². The molecule has 0 aliphatic rings. The van der Waals surface area contributed by atoms with E-state index >= 15 is 0 Å². The van der Waals surface area contributed by atoms with Crippen molar-refractivity contribution < 1.29 is 0 Å². The molecular weight excluding hydrogens is 549 g/mol. The van der Waals surface area contributed by atoms with E-state index in [4.69, 9.17) is 0 Å². The number of rotatable bonds is 2. The van der Waals surface area contributed by atoms with Gasteiger partial charge in [0.2, 0.25) is 0 Å². The highest BCUT2D eigenvalue weighted by molar-refractivity contribution is 14.1. The Bertz CT molecular complexity index is 547. The summed E-state index contributed by atoms with van der Waals surface area (Å²) in [7, 11) is 0. The highest BCUT2D eigenvalue weighted by Gasteiger charge is 2.04. The van der Waals surface area contributed by atoms with Gasteiger partial charge in [0.15, 0.2) is 0 Å². The third-order valence-electron chi connectivity index (χ3n) is 2.68. The molecule has 0 saturated heterocycles.